The van der Waals surface area contributed by atoms with Crippen molar-refractivity contribution in [1.82, 2.24) is 15.2 Å². The van der Waals surface area contributed by atoms with Gasteiger partial charge in [0.25, 0.3) is 0 Å². The molecule has 0 saturated carbocycles. The number of carbonyl (C=O) groups is 1. The van der Waals surface area contributed by atoms with Gasteiger partial charge in [0.15, 0.2) is 0 Å². The van der Waals surface area contributed by atoms with Crippen molar-refractivity contribution in [2.45, 2.75) is 18.9 Å². The van der Waals surface area contributed by atoms with Crippen LogP contribution in [0.5, 0.6) is 5.75 Å². The summed E-state index contributed by atoms with van der Waals surface area (Å²) in [5.74, 6) is 0.870. The van der Waals surface area contributed by atoms with Crippen LogP contribution in [0.2, 0.25) is 0 Å². The maximum Gasteiger partial charge on any atom is 0.220 e. The van der Waals surface area contributed by atoms with Crippen LogP contribution in [0, 0.1) is 0 Å². The number of pyridine rings is 1. The van der Waals surface area contributed by atoms with E-state index in [1.807, 2.05) is 36.5 Å². The predicted octanol–water partition coefficient (Wildman–Crippen LogP) is 2.21. The van der Waals surface area contributed by atoms with Crippen LogP contribution in [0.3, 0.4) is 0 Å². The van der Waals surface area contributed by atoms with Gasteiger partial charge in [0.2, 0.25) is 5.91 Å². The van der Waals surface area contributed by atoms with Crippen molar-refractivity contribution in [3.63, 3.8) is 0 Å². The SMILES string of the molecule is COc1ccccc1CCC(=O)NC[C@@H](c1cccnc1)N1CCOCC1. The lowest BCUT2D eigenvalue weighted by atomic mass is 10.1. The molecule has 1 N–H and O–H groups in total. The number of hydrogen-bond donors (Lipinski definition) is 1. The van der Waals surface area contributed by atoms with Gasteiger partial charge in [-0.3, -0.25) is 14.7 Å². The van der Waals surface area contributed by atoms with E-state index in [1.165, 1.54) is 0 Å². The van der Waals surface area contributed by atoms with Crippen molar-refractivity contribution in [2.24, 2.45) is 0 Å². The second-order valence-electron chi connectivity index (χ2n) is 6.57. The molecule has 6 heteroatoms. The number of ether oxygens (including phenoxy) is 2. The Labute approximate surface area is 160 Å². The van der Waals surface area contributed by atoms with Crippen LogP contribution in [0.4, 0.5) is 0 Å². The van der Waals surface area contributed by atoms with E-state index in [0.29, 0.717) is 19.4 Å². The number of nitrogens with one attached hydrogen (secondary N) is 1. The summed E-state index contributed by atoms with van der Waals surface area (Å²) >= 11 is 0. The Hall–Kier alpha value is -2.44. The number of rotatable bonds is 8. The topological polar surface area (TPSA) is 63.7 Å². The molecule has 6 nitrogen and oxygen atoms in total. The molecule has 0 unspecified atom stereocenters. The highest BCUT2D eigenvalue weighted by Gasteiger charge is 2.23. The Kier molecular flexibility index (Phi) is 7.19. The van der Waals surface area contributed by atoms with Gasteiger partial charge in [0, 0.05) is 38.4 Å². The molecule has 1 amide bonds. The summed E-state index contributed by atoms with van der Waals surface area (Å²) in [6.07, 6.45) is 4.74. The Morgan fingerprint density at radius 2 is 2.07 bits per heavy atom. The maximum absolute atomic E-state index is 12.4. The number of nitrogens with zero attached hydrogens (tertiary/aromatic N) is 2. The molecular formula is C21H27N3O3. The first-order valence-corrected chi connectivity index (χ1v) is 9.38. The molecular weight excluding hydrogens is 342 g/mol. The summed E-state index contributed by atoms with van der Waals surface area (Å²) < 4.78 is 10.8. The number of amides is 1. The first-order valence-electron chi connectivity index (χ1n) is 9.38. The summed E-state index contributed by atoms with van der Waals surface area (Å²) in [6.45, 7) is 3.72. The van der Waals surface area contributed by atoms with Crippen LogP contribution in [-0.2, 0) is 16.0 Å². The third kappa shape index (κ3) is 5.52. The average molecular weight is 369 g/mol. The third-order valence-electron chi connectivity index (χ3n) is 4.86. The van der Waals surface area contributed by atoms with Crippen molar-refractivity contribution in [1.29, 1.82) is 0 Å². The molecule has 1 aromatic carbocycles. The predicted molar refractivity (Wildman–Crippen MR) is 104 cm³/mol. The van der Waals surface area contributed by atoms with Crippen LogP contribution >= 0.6 is 0 Å². The second kappa shape index (κ2) is 10.0. The van der Waals surface area contributed by atoms with Crippen molar-refractivity contribution in [3.8, 4) is 5.75 Å². The zero-order valence-electron chi connectivity index (χ0n) is 15.8. The highest BCUT2D eigenvalue weighted by atomic mass is 16.5. The second-order valence-corrected chi connectivity index (χ2v) is 6.57. The van der Waals surface area contributed by atoms with E-state index in [-0.39, 0.29) is 11.9 Å². The number of benzene rings is 1. The van der Waals surface area contributed by atoms with E-state index in [2.05, 4.69) is 21.3 Å². The number of para-hydroxylation sites is 1. The Balaban J connectivity index is 1.57. The zero-order valence-corrected chi connectivity index (χ0v) is 15.8. The molecule has 0 bridgehead atoms. The minimum atomic E-state index is 0.0445. The normalized spacial score (nSPS) is 15.9. The fraction of sp³-hybridized carbons (Fsp3) is 0.429. The fourth-order valence-corrected chi connectivity index (χ4v) is 3.38. The van der Waals surface area contributed by atoms with Crippen LogP contribution in [0.15, 0.2) is 48.8 Å². The Morgan fingerprint density at radius 3 is 2.81 bits per heavy atom. The molecule has 3 rings (SSSR count). The van der Waals surface area contributed by atoms with Crippen LogP contribution < -0.4 is 10.1 Å². The van der Waals surface area contributed by atoms with Gasteiger partial charge in [-0.2, -0.15) is 0 Å². The molecule has 1 atom stereocenters. The largest absolute Gasteiger partial charge is 0.496 e. The van der Waals surface area contributed by atoms with E-state index in [0.717, 1.165) is 43.2 Å². The highest BCUT2D eigenvalue weighted by molar-refractivity contribution is 5.76. The lowest BCUT2D eigenvalue weighted by molar-refractivity contribution is -0.121. The van der Waals surface area contributed by atoms with Crippen molar-refractivity contribution >= 4 is 5.91 Å². The van der Waals surface area contributed by atoms with Crippen molar-refractivity contribution < 1.29 is 14.3 Å². The lowest BCUT2D eigenvalue weighted by Crippen LogP contribution is -2.43. The van der Waals surface area contributed by atoms with Gasteiger partial charge < -0.3 is 14.8 Å². The minimum absolute atomic E-state index is 0.0445. The van der Waals surface area contributed by atoms with Gasteiger partial charge in [0.1, 0.15) is 5.75 Å². The lowest BCUT2D eigenvalue weighted by Gasteiger charge is -2.34. The van der Waals surface area contributed by atoms with Crippen molar-refractivity contribution in [3.05, 3.63) is 59.9 Å². The number of morpholine rings is 1. The number of methoxy groups -OCH3 is 1. The van der Waals surface area contributed by atoms with Gasteiger partial charge >= 0.3 is 0 Å². The molecule has 2 heterocycles. The Bertz CT molecular complexity index is 718. The molecule has 1 aliphatic heterocycles. The summed E-state index contributed by atoms with van der Waals surface area (Å²) in [7, 11) is 1.65. The monoisotopic (exact) mass is 369 g/mol. The van der Waals surface area contributed by atoms with Crippen LogP contribution in [0.1, 0.15) is 23.6 Å². The number of carbonyl (C=O) groups excluding carboxylic acids is 1. The molecule has 27 heavy (non-hydrogen) atoms. The summed E-state index contributed by atoms with van der Waals surface area (Å²) in [4.78, 5) is 19.0. The molecule has 0 spiro atoms. The number of aryl methyl sites for hydroxylation is 1. The van der Waals surface area contributed by atoms with Gasteiger partial charge in [-0.15, -0.1) is 0 Å². The third-order valence-corrected chi connectivity index (χ3v) is 4.86. The molecule has 144 valence electrons. The summed E-state index contributed by atoms with van der Waals surface area (Å²) in [5.41, 5.74) is 2.16. The molecule has 1 saturated heterocycles. The van der Waals surface area contributed by atoms with E-state index in [4.69, 9.17) is 9.47 Å². The van der Waals surface area contributed by atoms with E-state index >= 15 is 0 Å². The minimum Gasteiger partial charge on any atom is -0.496 e. The van der Waals surface area contributed by atoms with E-state index < -0.39 is 0 Å². The smallest absolute Gasteiger partial charge is 0.220 e. The first kappa shape index (κ1) is 19.3. The van der Waals surface area contributed by atoms with E-state index in [9.17, 15) is 4.79 Å². The van der Waals surface area contributed by atoms with Gasteiger partial charge in [-0.25, -0.2) is 0 Å². The average Bonchev–Trinajstić information content (AvgIpc) is 2.74. The number of aromatic nitrogens is 1. The first-order chi connectivity index (χ1) is 13.3. The van der Waals surface area contributed by atoms with Crippen molar-refractivity contribution in [2.75, 3.05) is 40.0 Å². The van der Waals surface area contributed by atoms with E-state index in [1.54, 1.807) is 13.3 Å². The molecule has 1 aliphatic rings. The zero-order chi connectivity index (χ0) is 18.9. The highest BCUT2D eigenvalue weighted by Crippen LogP contribution is 2.21. The molecule has 1 fully saturated rings. The molecule has 1 aromatic heterocycles. The van der Waals surface area contributed by atoms with Gasteiger partial charge in [-0.05, 0) is 29.7 Å². The quantitative estimate of drug-likeness (QED) is 0.773. The van der Waals surface area contributed by atoms with Crippen LogP contribution in [-0.4, -0.2) is 55.7 Å². The van der Waals surface area contributed by atoms with Gasteiger partial charge in [0.05, 0.1) is 26.4 Å². The standard InChI is InChI=1S/C21H27N3O3/c1-26-20-7-3-2-5-17(20)8-9-21(25)23-16-19(18-6-4-10-22-15-18)24-11-13-27-14-12-24/h2-7,10,15,19H,8-9,11-14,16H2,1H3,(H,23,25)/t19-/m0/s1. The molecule has 2 aromatic rings. The molecule has 0 radical (unpaired) electrons. The van der Waals surface area contributed by atoms with Crippen LogP contribution in [0.25, 0.3) is 0 Å². The van der Waals surface area contributed by atoms with Gasteiger partial charge in [-0.1, -0.05) is 24.3 Å². The summed E-state index contributed by atoms with van der Waals surface area (Å²) in [6, 6.07) is 11.9. The molecule has 0 aliphatic carbocycles. The fourth-order valence-electron chi connectivity index (χ4n) is 3.38. The summed E-state index contributed by atoms with van der Waals surface area (Å²) in [5, 5.41) is 3.10. The Morgan fingerprint density at radius 1 is 1.26 bits per heavy atom. The number of hydrogen-bond acceptors (Lipinski definition) is 5. The maximum atomic E-state index is 12.4.